The summed E-state index contributed by atoms with van der Waals surface area (Å²) in [6, 6.07) is 7.40. The van der Waals surface area contributed by atoms with E-state index in [1.54, 1.807) is 30.3 Å². The van der Waals surface area contributed by atoms with Gasteiger partial charge in [-0.15, -0.1) is 0 Å². The number of pyridine rings is 1. The van der Waals surface area contributed by atoms with Crippen molar-refractivity contribution in [1.29, 1.82) is 0 Å². The fourth-order valence-corrected chi connectivity index (χ4v) is 4.99. The highest BCUT2D eigenvalue weighted by molar-refractivity contribution is 7.89. The summed E-state index contributed by atoms with van der Waals surface area (Å²) < 4.78 is 41.2. The molecule has 1 amide bonds. The van der Waals surface area contributed by atoms with Gasteiger partial charge >= 0.3 is 0 Å². The highest BCUT2D eigenvalue weighted by Gasteiger charge is 2.34. The lowest BCUT2D eigenvalue weighted by atomic mass is 10.0. The summed E-state index contributed by atoms with van der Waals surface area (Å²) in [5, 5.41) is 0. The van der Waals surface area contributed by atoms with Crippen LogP contribution in [0.2, 0.25) is 0 Å². The predicted octanol–water partition coefficient (Wildman–Crippen LogP) is 2.73. The Morgan fingerprint density at radius 2 is 2.14 bits per heavy atom. The number of aromatic nitrogens is 1. The molecular formula is C20H24FN3O3S. The van der Waals surface area contributed by atoms with E-state index in [9.17, 15) is 17.6 Å². The van der Waals surface area contributed by atoms with Crippen LogP contribution in [0.4, 0.5) is 4.39 Å². The minimum atomic E-state index is -3.82. The van der Waals surface area contributed by atoms with E-state index in [0.717, 1.165) is 11.6 Å². The highest BCUT2D eigenvalue weighted by atomic mass is 32.2. The number of aryl methyl sites for hydroxylation is 1. The van der Waals surface area contributed by atoms with Crippen LogP contribution in [0.25, 0.3) is 0 Å². The maximum atomic E-state index is 13.9. The molecule has 0 N–H and O–H groups in total. The number of carbonyl (C=O) groups excluding carboxylic acids is 1. The van der Waals surface area contributed by atoms with E-state index in [1.807, 2.05) is 6.07 Å². The summed E-state index contributed by atoms with van der Waals surface area (Å²) >= 11 is 0. The second kappa shape index (κ2) is 8.36. The minimum Gasteiger partial charge on any atom is -0.334 e. The number of hydrogen-bond acceptors (Lipinski definition) is 4. The van der Waals surface area contributed by atoms with Gasteiger partial charge in [-0.1, -0.05) is 12.1 Å². The molecule has 1 aromatic carbocycles. The number of sulfonamides is 1. The van der Waals surface area contributed by atoms with Crippen molar-refractivity contribution in [2.24, 2.45) is 0 Å². The molecule has 0 spiro atoms. The quantitative estimate of drug-likeness (QED) is 0.767. The van der Waals surface area contributed by atoms with Crippen molar-refractivity contribution in [3.8, 4) is 0 Å². The van der Waals surface area contributed by atoms with Gasteiger partial charge in [-0.25, -0.2) is 12.8 Å². The molecule has 0 radical (unpaired) electrons. The van der Waals surface area contributed by atoms with Gasteiger partial charge < -0.3 is 4.90 Å². The average Bonchev–Trinajstić information content (AvgIpc) is 2.69. The van der Waals surface area contributed by atoms with E-state index >= 15 is 0 Å². The van der Waals surface area contributed by atoms with Gasteiger partial charge in [0.1, 0.15) is 5.82 Å². The Hall–Kier alpha value is -2.32. The SMILES string of the molecule is CC(=O)N(Cc1cccnc1)C1CCCN(S(=O)(=O)c2ccc(C)c(F)c2)C1. The van der Waals surface area contributed by atoms with Gasteiger partial charge in [0.05, 0.1) is 4.90 Å². The van der Waals surface area contributed by atoms with Crippen LogP contribution in [0.3, 0.4) is 0 Å². The van der Waals surface area contributed by atoms with Gasteiger partial charge in [0.15, 0.2) is 0 Å². The van der Waals surface area contributed by atoms with Crippen LogP contribution >= 0.6 is 0 Å². The van der Waals surface area contributed by atoms with Crippen molar-refractivity contribution in [2.45, 2.75) is 44.2 Å². The smallest absolute Gasteiger partial charge is 0.243 e. The second-order valence-corrected chi connectivity index (χ2v) is 9.02. The molecule has 0 bridgehead atoms. The first kappa shape index (κ1) is 20.4. The Kier molecular flexibility index (Phi) is 6.10. The normalized spacial score (nSPS) is 18.0. The van der Waals surface area contributed by atoms with Gasteiger partial charge in [0, 0.05) is 45.0 Å². The molecule has 1 fully saturated rings. The fraction of sp³-hybridized carbons (Fsp3) is 0.400. The second-order valence-electron chi connectivity index (χ2n) is 7.08. The van der Waals surface area contributed by atoms with E-state index in [4.69, 9.17) is 0 Å². The number of carbonyl (C=O) groups is 1. The van der Waals surface area contributed by atoms with E-state index in [2.05, 4.69) is 4.98 Å². The number of nitrogens with zero attached hydrogens (tertiary/aromatic N) is 3. The Morgan fingerprint density at radius 1 is 1.36 bits per heavy atom. The van der Waals surface area contributed by atoms with Gasteiger partial charge in [-0.2, -0.15) is 4.31 Å². The van der Waals surface area contributed by atoms with Crippen LogP contribution < -0.4 is 0 Å². The molecule has 1 aliphatic heterocycles. The summed E-state index contributed by atoms with van der Waals surface area (Å²) in [5.41, 5.74) is 1.29. The predicted molar refractivity (Wildman–Crippen MR) is 103 cm³/mol. The largest absolute Gasteiger partial charge is 0.334 e. The molecule has 6 nitrogen and oxygen atoms in total. The number of rotatable bonds is 5. The Labute approximate surface area is 165 Å². The molecular weight excluding hydrogens is 381 g/mol. The maximum Gasteiger partial charge on any atom is 0.243 e. The summed E-state index contributed by atoms with van der Waals surface area (Å²) in [6.07, 6.45) is 4.71. The van der Waals surface area contributed by atoms with E-state index in [1.165, 1.54) is 23.4 Å². The summed E-state index contributed by atoms with van der Waals surface area (Å²) in [6.45, 7) is 4.00. The van der Waals surface area contributed by atoms with E-state index in [0.29, 0.717) is 31.5 Å². The summed E-state index contributed by atoms with van der Waals surface area (Å²) in [5.74, 6) is -0.661. The topological polar surface area (TPSA) is 70.6 Å². The van der Waals surface area contributed by atoms with E-state index < -0.39 is 15.8 Å². The van der Waals surface area contributed by atoms with Gasteiger partial charge in [-0.3, -0.25) is 9.78 Å². The molecule has 1 aliphatic rings. The maximum absolute atomic E-state index is 13.9. The number of hydrogen-bond donors (Lipinski definition) is 0. The zero-order valence-corrected chi connectivity index (χ0v) is 16.8. The summed E-state index contributed by atoms with van der Waals surface area (Å²) in [7, 11) is -3.82. The minimum absolute atomic E-state index is 0.0575. The number of benzene rings is 1. The highest BCUT2D eigenvalue weighted by Crippen LogP contribution is 2.25. The zero-order chi connectivity index (χ0) is 20.3. The number of piperidine rings is 1. The molecule has 1 unspecified atom stereocenters. The molecule has 150 valence electrons. The Balaban J connectivity index is 1.81. The fourth-order valence-electron chi connectivity index (χ4n) is 3.46. The van der Waals surface area contributed by atoms with Crippen LogP contribution in [0, 0.1) is 12.7 Å². The molecule has 8 heteroatoms. The van der Waals surface area contributed by atoms with Gasteiger partial charge in [0.25, 0.3) is 0 Å². The third-order valence-corrected chi connectivity index (χ3v) is 6.92. The van der Waals surface area contributed by atoms with Crippen LogP contribution in [0.5, 0.6) is 0 Å². The van der Waals surface area contributed by atoms with Crippen molar-refractivity contribution >= 4 is 15.9 Å². The first-order chi connectivity index (χ1) is 13.3. The molecule has 1 aromatic heterocycles. The lowest BCUT2D eigenvalue weighted by Gasteiger charge is -2.38. The van der Waals surface area contributed by atoms with Crippen molar-refractivity contribution in [3.05, 3.63) is 59.7 Å². The summed E-state index contributed by atoms with van der Waals surface area (Å²) in [4.78, 5) is 17.9. The van der Waals surface area contributed by atoms with Crippen LogP contribution in [-0.4, -0.2) is 47.6 Å². The number of amides is 1. The average molecular weight is 405 g/mol. The molecule has 1 atom stereocenters. The third kappa shape index (κ3) is 4.39. The van der Waals surface area contributed by atoms with Crippen molar-refractivity contribution < 1.29 is 17.6 Å². The zero-order valence-electron chi connectivity index (χ0n) is 16.0. The molecule has 1 saturated heterocycles. The standard InChI is InChI=1S/C20H24FN3O3S/c1-15-7-8-19(11-20(15)21)28(26,27)23-10-4-6-18(14-23)24(16(2)25)13-17-5-3-9-22-12-17/h3,5,7-9,11-12,18H,4,6,10,13-14H2,1-2H3. The first-order valence-electron chi connectivity index (χ1n) is 9.21. The van der Waals surface area contributed by atoms with Crippen molar-refractivity contribution in [2.75, 3.05) is 13.1 Å². The molecule has 2 heterocycles. The molecule has 0 aliphatic carbocycles. The van der Waals surface area contributed by atoms with Crippen LogP contribution in [0.1, 0.15) is 30.9 Å². The Bertz CT molecular complexity index is 950. The van der Waals surface area contributed by atoms with Crippen molar-refractivity contribution in [3.63, 3.8) is 0 Å². The van der Waals surface area contributed by atoms with Gasteiger partial charge in [0.2, 0.25) is 15.9 Å². The van der Waals surface area contributed by atoms with Gasteiger partial charge in [-0.05, 0) is 49.1 Å². The molecule has 2 aromatic rings. The monoisotopic (exact) mass is 405 g/mol. The third-order valence-electron chi connectivity index (χ3n) is 5.06. The number of halogens is 1. The van der Waals surface area contributed by atoms with E-state index in [-0.39, 0.29) is 23.4 Å². The first-order valence-corrected chi connectivity index (χ1v) is 10.7. The van der Waals surface area contributed by atoms with Crippen LogP contribution in [0.15, 0.2) is 47.6 Å². The molecule has 3 rings (SSSR count). The lowest BCUT2D eigenvalue weighted by Crippen LogP contribution is -2.50. The lowest BCUT2D eigenvalue weighted by molar-refractivity contribution is -0.132. The van der Waals surface area contributed by atoms with Crippen LogP contribution in [-0.2, 0) is 21.4 Å². The van der Waals surface area contributed by atoms with Crippen molar-refractivity contribution in [1.82, 2.24) is 14.2 Å². The Morgan fingerprint density at radius 3 is 2.79 bits per heavy atom. The molecule has 28 heavy (non-hydrogen) atoms. The molecule has 0 saturated carbocycles.